The van der Waals surface area contributed by atoms with Crippen molar-refractivity contribution in [2.45, 2.75) is 46.6 Å². The standard InChI is InChI=1S/C21H26FN3O/c1-13(2)17-8-7-16(21(23-17)26-5)19-14(3)11-18-20(24-19)15(4)12-25(18)10-6-9-22/h7-8,11-13H,6,9-10H2,1-5H3. The highest BCUT2D eigenvalue weighted by Gasteiger charge is 2.17. The summed E-state index contributed by atoms with van der Waals surface area (Å²) in [6, 6.07) is 6.20. The summed E-state index contributed by atoms with van der Waals surface area (Å²) in [5.41, 5.74) is 6.90. The van der Waals surface area contributed by atoms with Crippen molar-refractivity contribution in [3.8, 4) is 17.1 Å². The first-order valence-electron chi connectivity index (χ1n) is 9.04. The van der Waals surface area contributed by atoms with Crippen LogP contribution in [0.4, 0.5) is 4.39 Å². The maximum Gasteiger partial charge on any atom is 0.222 e. The first-order valence-corrected chi connectivity index (χ1v) is 9.04. The second kappa shape index (κ2) is 7.44. The lowest BCUT2D eigenvalue weighted by Crippen LogP contribution is -2.01. The number of hydrogen-bond donors (Lipinski definition) is 0. The number of alkyl halides is 1. The Morgan fingerprint density at radius 2 is 1.92 bits per heavy atom. The van der Waals surface area contributed by atoms with E-state index >= 15 is 0 Å². The zero-order chi connectivity index (χ0) is 18.8. The van der Waals surface area contributed by atoms with Gasteiger partial charge < -0.3 is 9.30 Å². The minimum absolute atomic E-state index is 0.311. The second-order valence-corrected chi connectivity index (χ2v) is 7.02. The lowest BCUT2D eigenvalue weighted by Gasteiger charge is -2.13. The Morgan fingerprint density at radius 3 is 2.58 bits per heavy atom. The summed E-state index contributed by atoms with van der Waals surface area (Å²) >= 11 is 0. The van der Waals surface area contributed by atoms with Crippen molar-refractivity contribution in [3.05, 3.63) is 41.2 Å². The number of nitrogens with zero attached hydrogens (tertiary/aromatic N) is 3. The summed E-state index contributed by atoms with van der Waals surface area (Å²) < 4.78 is 20.2. The number of pyridine rings is 2. The Labute approximate surface area is 154 Å². The van der Waals surface area contributed by atoms with E-state index in [9.17, 15) is 4.39 Å². The van der Waals surface area contributed by atoms with Crippen LogP contribution in [-0.4, -0.2) is 28.3 Å². The Kier molecular flexibility index (Phi) is 5.25. The fourth-order valence-electron chi connectivity index (χ4n) is 3.27. The molecule has 3 rings (SSSR count). The van der Waals surface area contributed by atoms with Crippen molar-refractivity contribution in [2.75, 3.05) is 13.8 Å². The van der Waals surface area contributed by atoms with Gasteiger partial charge in [0.2, 0.25) is 5.88 Å². The van der Waals surface area contributed by atoms with Crippen LogP contribution < -0.4 is 4.74 Å². The molecule has 3 heterocycles. The molecule has 0 aromatic carbocycles. The van der Waals surface area contributed by atoms with Gasteiger partial charge in [0.05, 0.1) is 36.1 Å². The maximum atomic E-state index is 12.6. The molecule has 0 aliphatic heterocycles. The SMILES string of the molecule is COc1nc(C(C)C)ccc1-c1nc2c(C)cn(CCCF)c2cc1C. The van der Waals surface area contributed by atoms with E-state index < -0.39 is 0 Å². The molecule has 138 valence electrons. The van der Waals surface area contributed by atoms with E-state index in [0.29, 0.717) is 24.8 Å². The smallest absolute Gasteiger partial charge is 0.222 e. The van der Waals surface area contributed by atoms with Crippen LogP contribution in [0, 0.1) is 13.8 Å². The van der Waals surface area contributed by atoms with Gasteiger partial charge in [0.25, 0.3) is 0 Å². The quantitative estimate of drug-likeness (QED) is 0.609. The molecule has 0 amide bonds. The molecule has 3 aromatic rings. The number of methoxy groups -OCH3 is 1. The number of fused-ring (bicyclic) bond motifs is 1. The molecule has 0 bridgehead atoms. The Morgan fingerprint density at radius 1 is 1.15 bits per heavy atom. The van der Waals surface area contributed by atoms with Gasteiger partial charge in [-0.2, -0.15) is 0 Å². The molecule has 0 N–H and O–H groups in total. The number of ether oxygens (including phenoxy) is 1. The van der Waals surface area contributed by atoms with Gasteiger partial charge in [-0.05, 0) is 55.5 Å². The van der Waals surface area contributed by atoms with Crippen molar-refractivity contribution >= 4 is 11.0 Å². The fraction of sp³-hybridized carbons (Fsp3) is 0.429. The summed E-state index contributed by atoms with van der Waals surface area (Å²) in [5, 5.41) is 0. The number of halogens is 1. The van der Waals surface area contributed by atoms with E-state index in [4.69, 9.17) is 9.72 Å². The predicted molar refractivity (Wildman–Crippen MR) is 104 cm³/mol. The van der Waals surface area contributed by atoms with Crippen LogP contribution in [0.15, 0.2) is 24.4 Å². The molecule has 0 saturated heterocycles. The van der Waals surface area contributed by atoms with Crippen LogP contribution >= 0.6 is 0 Å². The topological polar surface area (TPSA) is 39.9 Å². The molecule has 26 heavy (non-hydrogen) atoms. The number of hydrogen-bond acceptors (Lipinski definition) is 3. The van der Waals surface area contributed by atoms with E-state index in [0.717, 1.165) is 39.1 Å². The van der Waals surface area contributed by atoms with Crippen molar-refractivity contribution in [1.29, 1.82) is 0 Å². The Bertz CT molecular complexity index is 931. The number of aromatic nitrogens is 3. The second-order valence-electron chi connectivity index (χ2n) is 7.02. The molecule has 0 aliphatic rings. The van der Waals surface area contributed by atoms with E-state index in [2.05, 4.69) is 29.5 Å². The predicted octanol–water partition coefficient (Wildman–Crippen LogP) is 5.21. The summed E-state index contributed by atoms with van der Waals surface area (Å²) in [4.78, 5) is 9.57. The third-order valence-corrected chi connectivity index (χ3v) is 4.68. The lowest BCUT2D eigenvalue weighted by molar-refractivity contribution is 0.397. The lowest BCUT2D eigenvalue weighted by atomic mass is 10.0. The van der Waals surface area contributed by atoms with Crippen LogP contribution in [0.2, 0.25) is 0 Å². The molecule has 0 aliphatic carbocycles. The minimum atomic E-state index is -0.311. The third-order valence-electron chi connectivity index (χ3n) is 4.68. The first kappa shape index (κ1) is 18.4. The zero-order valence-corrected chi connectivity index (χ0v) is 16.1. The molecular weight excluding hydrogens is 329 g/mol. The molecule has 0 fully saturated rings. The van der Waals surface area contributed by atoms with Gasteiger partial charge in [-0.25, -0.2) is 9.97 Å². The number of rotatable bonds is 6. The highest BCUT2D eigenvalue weighted by Crippen LogP contribution is 2.33. The minimum Gasteiger partial charge on any atom is -0.480 e. The summed E-state index contributed by atoms with van der Waals surface area (Å²) in [6.07, 6.45) is 2.56. The molecular formula is C21H26FN3O. The average molecular weight is 355 g/mol. The molecule has 0 saturated carbocycles. The third kappa shape index (κ3) is 3.30. The molecule has 0 radical (unpaired) electrons. The van der Waals surface area contributed by atoms with Crippen LogP contribution in [-0.2, 0) is 6.54 Å². The summed E-state index contributed by atoms with van der Waals surface area (Å²) in [7, 11) is 1.64. The van der Waals surface area contributed by atoms with Crippen molar-refractivity contribution < 1.29 is 9.13 Å². The Balaban J connectivity index is 2.14. The molecule has 0 spiro atoms. The largest absolute Gasteiger partial charge is 0.480 e. The van der Waals surface area contributed by atoms with Crippen LogP contribution in [0.25, 0.3) is 22.3 Å². The normalized spacial score (nSPS) is 11.5. The van der Waals surface area contributed by atoms with E-state index in [-0.39, 0.29) is 6.67 Å². The van der Waals surface area contributed by atoms with Gasteiger partial charge in [0.1, 0.15) is 0 Å². The highest BCUT2D eigenvalue weighted by molar-refractivity contribution is 5.85. The van der Waals surface area contributed by atoms with Gasteiger partial charge in [0.15, 0.2) is 0 Å². The van der Waals surface area contributed by atoms with E-state index in [1.807, 2.05) is 32.2 Å². The maximum absolute atomic E-state index is 12.6. The van der Waals surface area contributed by atoms with Gasteiger partial charge >= 0.3 is 0 Å². The van der Waals surface area contributed by atoms with Crippen molar-refractivity contribution in [1.82, 2.24) is 14.5 Å². The van der Waals surface area contributed by atoms with E-state index in [1.54, 1.807) is 7.11 Å². The molecule has 0 atom stereocenters. The molecule has 3 aromatic heterocycles. The fourth-order valence-corrected chi connectivity index (χ4v) is 3.27. The monoisotopic (exact) mass is 355 g/mol. The molecule has 5 heteroatoms. The summed E-state index contributed by atoms with van der Waals surface area (Å²) in [6.45, 7) is 8.65. The molecule has 0 unspecified atom stereocenters. The van der Waals surface area contributed by atoms with Crippen LogP contribution in [0.1, 0.15) is 43.0 Å². The zero-order valence-electron chi connectivity index (χ0n) is 16.1. The number of aryl methyl sites for hydroxylation is 3. The van der Waals surface area contributed by atoms with Crippen LogP contribution in [0.3, 0.4) is 0 Å². The Hall–Kier alpha value is -2.43. The van der Waals surface area contributed by atoms with Gasteiger partial charge in [-0.1, -0.05) is 13.8 Å². The van der Waals surface area contributed by atoms with Crippen molar-refractivity contribution in [2.24, 2.45) is 0 Å². The molecule has 4 nitrogen and oxygen atoms in total. The van der Waals surface area contributed by atoms with Crippen LogP contribution in [0.5, 0.6) is 5.88 Å². The summed E-state index contributed by atoms with van der Waals surface area (Å²) in [5.74, 6) is 0.932. The van der Waals surface area contributed by atoms with Crippen molar-refractivity contribution in [3.63, 3.8) is 0 Å². The highest BCUT2D eigenvalue weighted by atomic mass is 19.1. The first-order chi connectivity index (χ1) is 12.5. The van der Waals surface area contributed by atoms with Gasteiger partial charge in [-0.15, -0.1) is 0 Å². The average Bonchev–Trinajstić information content (AvgIpc) is 2.93. The van der Waals surface area contributed by atoms with Gasteiger partial charge in [-0.3, -0.25) is 4.39 Å². The van der Waals surface area contributed by atoms with E-state index in [1.165, 1.54) is 0 Å². The van der Waals surface area contributed by atoms with Gasteiger partial charge in [0, 0.05) is 18.4 Å².